The number of nitro benzene ring substituents is 1. The van der Waals surface area contributed by atoms with Crippen molar-refractivity contribution in [1.29, 1.82) is 0 Å². The van der Waals surface area contributed by atoms with Gasteiger partial charge in [-0.05, 0) is 18.9 Å². The second-order valence-corrected chi connectivity index (χ2v) is 8.12. The molecule has 1 amide bonds. The number of benzene rings is 1. The van der Waals surface area contributed by atoms with E-state index in [-0.39, 0.29) is 48.0 Å². The van der Waals surface area contributed by atoms with Crippen molar-refractivity contribution in [2.45, 2.75) is 23.8 Å². The lowest BCUT2D eigenvalue weighted by atomic mass is 10.1. The maximum Gasteiger partial charge on any atom is 0.270 e. The van der Waals surface area contributed by atoms with Gasteiger partial charge in [0.1, 0.15) is 0 Å². The number of carbonyl (C=O) groups is 1. The van der Waals surface area contributed by atoms with E-state index in [0.717, 1.165) is 12.5 Å². The zero-order valence-electron chi connectivity index (χ0n) is 14.0. The lowest BCUT2D eigenvalue weighted by Crippen LogP contribution is -2.57. The van der Waals surface area contributed by atoms with Crippen molar-refractivity contribution in [3.05, 3.63) is 34.4 Å². The summed E-state index contributed by atoms with van der Waals surface area (Å²) in [5.74, 6) is -0.0224. The summed E-state index contributed by atoms with van der Waals surface area (Å²) in [4.78, 5) is 24.0. The van der Waals surface area contributed by atoms with Gasteiger partial charge in [0, 0.05) is 44.4 Å². The van der Waals surface area contributed by atoms with Gasteiger partial charge >= 0.3 is 0 Å². The van der Waals surface area contributed by atoms with E-state index in [1.165, 1.54) is 22.5 Å². The van der Waals surface area contributed by atoms with Crippen LogP contribution < -0.4 is 5.32 Å². The summed E-state index contributed by atoms with van der Waals surface area (Å²) in [5, 5.41) is 13.9. The first-order valence-corrected chi connectivity index (χ1v) is 9.58. The van der Waals surface area contributed by atoms with Crippen LogP contribution in [0.3, 0.4) is 0 Å². The van der Waals surface area contributed by atoms with Crippen molar-refractivity contribution in [3.63, 3.8) is 0 Å². The van der Waals surface area contributed by atoms with E-state index in [0.29, 0.717) is 26.1 Å². The van der Waals surface area contributed by atoms with E-state index in [1.807, 2.05) is 0 Å². The van der Waals surface area contributed by atoms with Crippen LogP contribution in [0.4, 0.5) is 5.69 Å². The summed E-state index contributed by atoms with van der Waals surface area (Å²) < 4.78 is 27.0. The van der Waals surface area contributed by atoms with E-state index in [2.05, 4.69) is 5.32 Å². The first-order valence-electron chi connectivity index (χ1n) is 8.14. The Hall–Kier alpha value is -1.75. The molecule has 0 radical (unpaired) electrons. The monoisotopic (exact) mass is 404 g/mol. The molecule has 2 fully saturated rings. The number of non-ortho nitro benzene ring substituents is 1. The number of carbonyl (C=O) groups excluding carboxylic acids is 1. The minimum atomic E-state index is -3.83. The summed E-state index contributed by atoms with van der Waals surface area (Å²) in [7, 11) is -3.83. The third kappa shape index (κ3) is 4.14. The van der Waals surface area contributed by atoms with Gasteiger partial charge in [0.25, 0.3) is 5.69 Å². The average molecular weight is 405 g/mol. The van der Waals surface area contributed by atoms with Crippen LogP contribution >= 0.6 is 12.4 Å². The SMILES string of the molecule is Cl.O=C1CNCCN1C1CCCN(S(=O)(=O)c2cccc([N+](=O)[O-])c2)C1. The Morgan fingerprint density at radius 1 is 1.27 bits per heavy atom. The molecule has 0 aromatic heterocycles. The van der Waals surface area contributed by atoms with Crippen molar-refractivity contribution in [2.75, 3.05) is 32.7 Å². The molecule has 1 N–H and O–H groups in total. The number of nitrogens with zero attached hydrogens (tertiary/aromatic N) is 3. The Bertz CT molecular complexity index is 788. The van der Waals surface area contributed by atoms with Gasteiger partial charge in [0.05, 0.1) is 16.4 Å². The normalized spacial score (nSPS) is 21.9. The molecule has 26 heavy (non-hydrogen) atoms. The van der Waals surface area contributed by atoms with Crippen molar-refractivity contribution in [2.24, 2.45) is 0 Å². The van der Waals surface area contributed by atoms with E-state index in [4.69, 9.17) is 0 Å². The van der Waals surface area contributed by atoms with Gasteiger partial charge in [-0.15, -0.1) is 12.4 Å². The van der Waals surface area contributed by atoms with E-state index in [1.54, 1.807) is 4.90 Å². The topological polar surface area (TPSA) is 113 Å². The van der Waals surface area contributed by atoms with Crippen LogP contribution in [-0.2, 0) is 14.8 Å². The Morgan fingerprint density at radius 3 is 2.73 bits per heavy atom. The standard InChI is InChI=1S/C15H20N4O5S.ClH/c20-15-10-16-6-8-18(15)13-4-2-7-17(11-13)25(23,24)14-5-1-3-12(9-14)19(21)22;/h1,3,5,9,13,16H,2,4,6-8,10-11H2;1H. The van der Waals surface area contributed by atoms with Crippen molar-refractivity contribution < 1.29 is 18.1 Å². The first kappa shape index (κ1) is 20.6. The van der Waals surface area contributed by atoms with Crippen LogP contribution in [0.2, 0.25) is 0 Å². The molecule has 2 heterocycles. The van der Waals surface area contributed by atoms with Crippen molar-refractivity contribution in [3.8, 4) is 0 Å². The minimum Gasteiger partial charge on any atom is -0.336 e. The zero-order valence-corrected chi connectivity index (χ0v) is 15.7. The second kappa shape index (κ2) is 8.30. The predicted octanol–water partition coefficient (Wildman–Crippen LogP) is 0.601. The van der Waals surface area contributed by atoms with Crippen LogP contribution in [-0.4, -0.2) is 67.2 Å². The van der Waals surface area contributed by atoms with Gasteiger partial charge in [0.15, 0.2) is 0 Å². The number of hydrogen-bond acceptors (Lipinski definition) is 6. The van der Waals surface area contributed by atoms with Crippen LogP contribution in [0.15, 0.2) is 29.2 Å². The van der Waals surface area contributed by atoms with Gasteiger partial charge in [-0.2, -0.15) is 4.31 Å². The molecule has 9 nitrogen and oxygen atoms in total. The third-order valence-corrected chi connectivity index (χ3v) is 6.45. The molecular weight excluding hydrogens is 384 g/mol. The van der Waals surface area contributed by atoms with Crippen LogP contribution in [0, 0.1) is 10.1 Å². The van der Waals surface area contributed by atoms with Crippen molar-refractivity contribution in [1.82, 2.24) is 14.5 Å². The molecule has 11 heteroatoms. The summed E-state index contributed by atoms with van der Waals surface area (Å²) >= 11 is 0. The van der Waals surface area contributed by atoms with Gasteiger partial charge in [0.2, 0.25) is 15.9 Å². The molecule has 1 unspecified atom stereocenters. The molecule has 1 aromatic rings. The highest BCUT2D eigenvalue weighted by molar-refractivity contribution is 7.89. The van der Waals surface area contributed by atoms with Gasteiger partial charge in [-0.25, -0.2) is 8.42 Å². The Labute approximate surface area is 158 Å². The fourth-order valence-corrected chi connectivity index (χ4v) is 4.86. The van der Waals surface area contributed by atoms with Crippen LogP contribution in [0.5, 0.6) is 0 Å². The molecule has 0 saturated carbocycles. The maximum atomic E-state index is 12.9. The molecular formula is C15H21ClN4O5S. The van der Waals surface area contributed by atoms with Crippen LogP contribution in [0.25, 0.3) is 0 Å². The molecule has 2 saturated heterocycles. The number of nitro groups is 1. The third-order valence-electron chi connectivity index (χ3n) is 4.59. The van der Waals surface area contributed by atoms with E-state index >= 15 is 0 Å². The van der Waals surface area contributed by atoms with E-state index in [9.17, 15) is 23.3 Å². The number of sulfonamides is 1. The quantitative estimate of drug-likeness (QED) is 0.580. The second-order valence-electron chi connectivity index (χ2n) is 6.18. The highest BCUT2D eigenvalue weighted by Crippen LogP contribution is 2.25. The molecule has 3 rings (SSSR count). The number of halogens is 1. The van der Waals surface area contributed by atoms with Crippen LogP contribution in [0.1, 0.15) is 12.8 Å². The summed E-state index contributed by atoms with van der Waals surface area (Å²) in [5.41, 5.74) is -0.257. The van der Waals surface area contributed by atoms with Gasteiger partial charge in [-0.3, -0.25) is 14.9 Å². The van der Waals surface area contributed by atoms with Gasteiger partial charge in [-0.1, -0.05) is 6.07 Å². The highest BCUT2D eigenvalue weighted by Gasteiger charge is 2.35. The molecule has 1 aromatic carbocycles. The molecule has 0 aliphatic carbocycles. The number of nitrogens with one attached hydrogen (secondary N) is 1. The fraction of sp³-hybridized carbons (Fsp3) is 0.533. The largest absolute Gasteiger partial charge is 0.336 e. The molecule has 0 spiro atoms. The zero-order chi connectivity index (χ0) is 18.0. The average Bonchev–Trinajstić information content (AvgIpc) is 2.62. The smallest absolute Gasteiger partial charge is 0.270 e. The molecule has 2 aliphatic heterocycles. The summed E-state index contributed by atoms with van der Waals surface area (Å²) in [6.45, 7) is 2.10. The summed E-state index contributed by atoms with van der Waals surface area (Å²) in [6, 6.07) is 4.91. The summed E-state index contributed by atoms with van der Waals surface area (Å²) in [6.07, 6.45) is 1.41. The highest BCUT2D eigenvalue weighted by atomic mass is 35.5. The number of amides is 1. The Kier molecular flexibility index (Phi) is 6.56. The number of rotatable bonds is 4. The Morgan fingerprint density at radius 2 is 2.04 bits per heavy atom. The number of hydrogen-bond donors (Lipinski definition) is 1. The lowest BCUT2D eigenvalue weighted by Gasteiger charge is -2.40. The number of piperazine rings is 1. The maximum absolute atomic E-state index is 12.9. The molecule has 0 bridgehead atoms. The first-order chi connectivity index (χ1) is 11.9. The predicted molar refractivity (Wildman–Crippen MR) is 96.7 cm³/mol. The number of piperidine rings is 1. The van der Waals surface area contributed by atoms with Gasteiger partial charge < -0.3 is 10.2 Å². The fourth-order valence-electron chi connectivity index (χ4n) is 3.31. The minimum absolute atomic E-state index is 0. The van der Waals surface area contributed by atoms with Crippen molar-refractivity contribution >= 4 is 34.0 Å². The van der Waals surface area contributed by atoms with E-state index < -0.39 is 14.9 Å². The molecule has 2 aliphatic rings. The molecule has 144 valence electrons. The lowest BCUT2D eigenvalue weighted by molar-refractivity contribution is -0.385. The molecule has 1 atom stereocenters. The Balaban J connectivity index is 0.00000243.